The van der Waals surface area contributed by atoms with Crippen LogP contribution in [0.25, 0.3) is 10.9 Å². The first-order valence-electron chi connectivity index (χ1n) is 8.61. The molecule has 0 atom stereocenters. The number of nitrogens with zero attached hydrogens (tertiary/aromatic N) is 1. The van der Waals surface area contributed by atoms with Gasteiger partial charge in [-0.1, -0.05) is 71.2 Å². The van der Waals surface area contributed by atoms with E-state index >= 15 is 0 Å². The van der Waals surface area contributed by atoms with Crippen molar-refractivity contribution in [1.82, 2.24) is 4.57 Å². The monoisotopic (exact) mass is 414 g/mol. The van der Waals surface area contributed by atoms with Crippen LogP contribution in [-0.2, 0) is 13.1 Å². The minimum Gasteiger partial charge on any atom is -0.380 e. The number of hydrogen-bond donors (Lipinski definition) is 1. The van der Waals surface area contributed by atoms with Gasteiger partial charge >= 0.3 is 0 Å². The highest BCUT2D eigenvalue weighted by molar-refractivity contribution is 6.35. The molecule has 0 fully saturated rings. The Labute approximate surface area is 173 Å². The highest BCUT2D eigenvalue weighted by Crippen LogP contribution is 2.28. The topological polar surface area (TPSA) is 17.0 Å². The first kappa shape index (κ1) is 18.2. The maximum Gasteiger partial charge on any atom is 0.0638 e. The van der Waals surface area contributed by atoms with Crippen molar-refractivity contribution < 1.29 is 0 Å². The van der Waals surface area contributed by atoms with Gasteiger partial charge in [-0.15, -0.1) is 0 Å². The number of halogens is 3. The molecule has 5 heteroatoms. The number of benzene rings is 3. The van der Waals surface area contributed by atoms with Crippen molar-refractivity contribution in [2.24, 2.45) is 0 Å². The lowest BCUT2D eigenvalue weighted by Crippen LogP contribution is -2.00. The number of rotatable bonds is 5. The van der Waals surface area contributed by atoms with Gasteiger partial charge in [0.25, 0.3) is 0 Å². The molecule has 0 aliphatic rings. The van der Waals surface area contributed by atoms with Crippen LogP contribution in [0.3, 0.4) is 0 Å². The molecule has 0 amide bonds. The molecule has 2 nitrogen and oxygen atoms in total. The summed E-state index contributed by atoms with van der Waals surface area (Å²) in [5, 5.41) is 6.68. The van der Waals surface area contributed by atoms with Crippen LogP contribution >= 0.6 is 34.8 Å². The van der Waals surface area contributed by atoms with E-state index in [2.05, 4.69) is 46.4 Å². The summed E-state index contributed by atoms with van der Waals surface area (Å²) >= 11 is 18.7. The summed E-state index contributed by atoms with van der Waals surface area (Å²) < 4.78 is 2.23. The van der Waals surface area contributed by atoms with E-state index in [0.717, 1.165) is 22.8 Å². The summed E-state index contributed by atoms with van der Waals surface area (Å²) in [5.41, 5.74) is 4.28. The number of hydrogen-bond acceptors (Lipinski definition) is 1. The fraction of sp³-hybridized carbons (Fsp3) is 0.0909. The maximum absolute atomic E-state index is 6.35. The zero-order valence-corrected chi connectivity index (χ0v) is 16.7. The van der Waals surface area contributed by atoms with E-state index in [1.807, 2.05) is 24.3 Å². The summed E-state index contributed by atoms with van der Waals surface area (Å²) in [6.07, 6.45) is 2.17. The van der Waals surface area contributed by atoms with Crippen LogP contribution in [0.4, 0.5) is 5.69 Å². The van der Waals surface area contributed by atoms with E-state index in [9.17, 15) is 0 Å². The smallest absolute Gasteiger partial charge is 0.0638 e. The molecule has 0 aliphatic heterocycles. The predicted molar refractivity (Wildman–Crippen MR) is 116 cm³/mol. The second-order valence-electron chi connectivity index (χ2n) is 6.37. The first-order chi connectivity index (χ1) is 13.1. The van der Waals surface area contributed by atoms with Crippen LogP contribution in [-0.4, -0.2) is 4.57 Å². The Morgan fingerprint density at radius 1 is 0.778 bits per heavy atom. The van der Waals surface area contributed by atoms with Crippen LogP contribution in [0.15, 0.2) is 72.9 Å². The third kappa shape index (κ3) is 3.93. The van der Waals surface area contributed by atoms with Gasteiger partial charge in [0.05, 0.1) is 10.7 Å². The number of aromatic nitrogens is 1. The molecule has 4 aromatic rings. The molecule has 1 heterocycles. The minimum absolute atomic E-state index is 0.649. The maximum atomic E-state index is 6.35. The number of fused-ring (bicyclic) bond motifs is 1. The van der Waals surface area contributed by atoms with Gasteiger partial charge in [-0.05, 0) is 41.5 Å². The van der Waals surface area contributed by atoms with Gasteiger partial charge in [-0.25, -0.2) is 0 Å². The van der Waals surface area contributed by atoms with Gasteiger partial charge in [0.15, 0.2) is 0 Å². The van der Waals surface area contributed by atoms with Crippen molar-refractivity contribution in [3.8, 4) is 0 Å². The average molecular weight is 416 g/mol. The van der Waals surface area contributed by atoms with E-state index in [4.69, 9.17) is 34.8 Å². The molecule has 1 aromatic heterocycles. The van der Waals surface area contributed by atoms with Crippen LogP contribution in [0, 0.1) is 0 Å². The van der Waals surface area contributed by atoms with Gasteiger partial charge in [0.1, 0.15) is 0 Å². The molecule has 0 unspecified atom stereocenters. The van der Waals surface area contributed by atoms with Crippen LogP contribution in [0.2, 0.25) is 15.1 Å². The number of para-hydroxylation sites is 1. The molecule has 3 aromatic carbocycles. The van der Waals surface area contributed by atoms with Crippen molar-refractivity contribution in [3.05, 3.63) is 99.1 Å². The Bertz CT molecular complexity index is 1100. The van der Waals surface area contributed by atoms with Crippen molar-refractivity contribution in [3.63, 3.8) is 0 Å². The Hall–Kier alpha value is -2.13. The molecule has 4 rings (SSSR count). The Balaban J connectivity index is 1.65. The molecule has 0 bridgehead atoms. The average Bonchev–Trinajstić information content (AvgIpc) is 3.02. The molecular formula is C22H17Cl3N2. The van der Waals surface area contributed by atoms with Crippen LogP contribution in [0.5, 0.6) is 0 Å². The largest absolute Gasteiger partial charge is 0.380 e. The molecule has 136 valence electrons. The molecule has 0 saturated carbocycles. The summed E-state index contributed by atoms with van der Waals surface area (Å²) in [5.74, 6) is 0. The minimum atomic E-state index is 0.649. The quantitative estimate of drug-likeness (QED) is 0.363. The van der Waals surface area contributed by atoms with Crippen molar-refractivity contribution in [2.45, 2.75) is 13.1 Å². The number of nitrogens with one attached hydrogen (secondary N) is 1. The lowest BCUT2D eigenvalue weighted by molar-refractivity contribution is 0.831. The highest BCUT2D eigenvalue weighted by Gasteiger charge is 2.10. The Kier molecular flexibility index (Phi) is 5.31. The van der Waals surface area contributed by atoms with E-state index < -0.39 is 0 Å². The lowest BCUT2D eigenvalue weighted by atomic mass is 10.1. The van der Waals surface area contributed by atoms with Gasteiger partial charge in [0, 0.05) is 40.2 Å². The molecule has 0 saturated heterocycles. The van der Waals surface area contributed by atoms with Gasteiger partial charge in [0.2, 0.25) is 0 Å². The number of anilines is 1. The molecule has 0 radical (unpaired) electrons. The molecule has 0 spiro atoms. The zero-order valence-electron chi connectivity index (χ0n) is 14.4. The summed E-state index contributed by atoms with van der Waals surface area (Å²) in [6, 6.07) is 21.7. The molecule has 27 heavy (non-hydrogen) atoms. The SMILES string of the molecule is Clc1ccc(Cl)c(NCc2cn(Cc3ccccc3Cl)c3ccccc23)c1. The van der Waals surface area contributed by atoms with E-state index in [1.165, 1.54) is 16.5 Å². The first-order valence-corrected chi connectivity index (χ1v) is 9.74. The fourth-order valence-electron chi connectivity index (χ4n) is 3.23. The van der Waals surface area contributed by atoms with E-state index in [0.29, 0.717) is 16.6 Å². The standard InChI is InChI=1S/C22H17Cl3N2/c23-17-9-10-20(25)21(11-17)26-12-16-14-27(22-8-4-2-6-18(16)22)13-15-5-1-3-7-19(15)24/h1-11,14,26H,12-13H2. The molecule has 1 N–H and O–H groups in total. The van der Waals surface area contributed by atoms with Crippen LogP contribution in [0.1, 0.15) is 11.1 Å². The lowest BCUT2D eigenvalue weighted by Gasteiger charge is -2.08. The van der Waals surface area contributed by atoms with Crippen molar-refractivity contribution in [2.75, 3.05) is 5.32 Å². The molecular weight excluding hydrogens is 399 g/mol. The van der Waals surface area contributed by atoms with Gasteiger partial charge in [-0.3, -0.25) is 0 Å². The second kappa shape index (κ2) is 7.85. The van der Waals surface area contributed by atoms with Gasteiger partial charge < -0.3 is 9.88 Å². The highest BCUT2D eigenvalue weighted by atomic mass is 35.5. The summed E-state index contributed by atoms with van der Waals surface area (Å²) in [7, 11) is 0. The van der Waals surface area contributed by atoms with E-state index in [-0.39, 0.29) is 0 Å². The normalized spacial score (nSPS) is 11.1. The Morgan fingerprint density at radius 3 is 2.41 bits per heavy atom. The summed E-state index contributed by atoms with van der Waals surface area (Å²) in [6.45, 7) is 1.37. The van der Waals surface area contributed by atoms with Crippen molar-refractivity contribution >= 4 is 51.4 Å². The predicted octanol–water partition coefficient (Wildman–Crippen LogP) is 7.26. The van der Waals surface area contributed by atoms with Crippen LogP contribution < -0.4 is 5.32 Å². The zero-order chi connectivity index (χ0) is 18.8. The van der Waals surface area contributed by atoms with Gasteiger partial charge in [-0.2, -0.15) is 0 Å². The molecule has 0 aliphatic carbocycles. The Morgan fingerprint density at radius 2 is 1.56 bits per heavy atom. The fourth-order valence-corrected chi connectivity index (χ4v) is 3.78. The third-order valence-electron chi connectivity index (χ3n) is 4.57. The van der Waals surface area contributed by atoms with E-state index in [1.54, 1.807) is 12.1 Å². The van der Waals surface area contributed by atoms with Crippen molar-refractivity contribution in [1.29, 1.82) is 0 Å². The second-order valence-corrected chi connectivity index (χ2v) is 7.62. The third-order valence-corrected chi connectivity index (χ3v) is 5.50. The summed E-state index contributed by atoms with van der Waals surface area (Å²) in [4.78, 5) is 0.